The maximum atomic E-state index is 5.54. The summed E-state index contributed by atoms with van der Waals surface area (Å²) < 4.78 is 7.34. The van der Waals surface area contributed by atoms with Crippen LogP contribution in [0.2, 0.25) is 0 Å². The number of aromatic nitrogens is 4. The fraction of sp³-hybridized carbons (Fsp3) is 0.357. The molecule has 0 unspecified atom stereocenters. The first-order valence-electron chi connectivity index (χ1n) is 6.70. The zero-order valence-corrected chi connectivity index (χ0v) is 11.6. The van der Waals surface area contributed by atoms with Crippen molar-refractivity contribution in [3.8, 4) is 0 Å². The molecular formula is C14H17N5O. The Morgan fingerprint density at radius 2 is 2.15 bits per heavy atom. The van der Waals surface area contributed by atoms with Crippen LogP contribution >= 0.6 is 0 Å². The molecule has 0 radical (unpaired) electrons. The summed E-state index contributed by atoms with van der Waals surface area (Å²) in [6.45, 7) is 5.31. The summed E-state index contributed by atoms with van der Waals surface area (Å²) in [7, 11) is 0. The molecule has 1 N–H and O–H groups in total. The molecule has 0 aromatic carbocycles. The third kappa shape index (κ3) is 2.70. The molecule has 6 nitrogen and oxygen atoms in total. The summed E-state index contributed by atoms with van der Waals surface area (Å²) >= 11 is 0. The number of hydrogen-bond acceptors (Lipinski definition) is 5. The van der Waals surface area contributed by atoms with E-state index in [9.17, 15) is 0 Å². The van der Waals surface area contributed by atoms with Gasteiger partial charge in [-0.15, -0.1) is 0 Å². The fourth-order valence-corrected chi connectivity index (χ4v) is 2.03. The molecule has 20 heavy (non-hydrogen) atoms. The number of fused-ring (bicyclic) bond motifs is 1. The van der Waals surface area contributed by atoms with Crippen LogP contribution in [-0.2, 0) is 19.5 Å². The molecule has 0 aliphatic rings. The molecule has 6 heteroatoms. The van der Waals surface area contributed by atoms with Crippen LogP contribution in [0.5, 0.6) is 0 Å². The molecule has 0 aliphatic heterocycles. The van der Waals surface area contributed by atoms with Crippen molar-refractivity contribution in [2.24, 2.45) is 0 Å². The van der Waals surface area contributed by atoms with E-state index < -0.39 is 0 Å². The summed E-state index contributed by atoms with van der Waals surface area (Å²) in [5, 5.41) is 7.64. The Kier molecular flexibility index (Phi) is 3.47. The van der Waals surface area contributed by atoms with E-state index in [4.69, 9.17) is 4.42 Å². The fourth-order valence-electron chi connectivity index (χ4n) is 2.03. The number of oxazole rings is 1. The summed E-state index contributed by atoms with van der Waals surface area (Å²) in [4.78, 5) is 8.58. The highest BCUT2D eigenvalue weighted by atomic mass is 16.4. The van der Waals surface area contributed by atoms with Gasteiger partial charge in [-0.05, 0) is 6.92 Å². The Bertz CT molecular complexity index is 715. The lowest BCUT2D eigenvalue weighted by Crippen LogP contribution is -2.13. The third-order valence-electron chi connectivity index (χ3n) is 3.04. The minimum absolute atomic E-state index is 0.607. The van der Waals surface area contributed by atoms with Crippen molar-refractivity contribution in [2.45, 2.75) is 33.4 Å². The molecule has 3 aromatic heterocycles. The molecule has 3 heterocycles. The Labute approximate surface area is 116 Å². The lowest BCUT2D eigenvalue weighted by Gasteiger charge is -2.02. The van der Waals surface area contributed by atoms with Crippen LogP contribution in [0.1, 0.15) is 29.8 Å². The van der Waals surface area contributed by atoms with E-state index in [0.29, 0.717) is 19.0 Å². The minimum Gasteiger partial charge on any atom is -0.444 e. The van der Waals surface area contributed by atoms with Crippen LogP contribution in [-0.4, -0.2) is 19.6 Å². The molecule has 3 aromatic rings. The van der Waals surface area contributed by atoms with Gasteiger partial charge in [0.2, 0.25) is 5.89 Å². The maximum absolute atomic E-state index is 5.54. The van der Waals surface area contributed by atoms with E-state index in [0.717, 1.165) is 29.1 Å². The van der Waals surface area contributed by atoms with Crippen LogP contribution in [0.25, 0.3) is 5.65 Å². The van der Waals surface area contributed by atoms with Crippen molar-refractivity contribution in [3.63, 3.8) is 0 Å². The number of nitrogens with one attached hydrogen (secondary N) is 1. The van der Waals surface area contributed by atoms with Crippen molar-refractivity contribution in [1.29, 1.82) is 0 Å². The van der Waals surface area contributed by atoms with E-state index in [1.165, 1.54) is 0 Å². The molecule has 0 fully saturated rings. The van der Waals surface area contributed by atoms with Gasteiger partial charge in [-0.1, -0.05) is 6.92 Å². The highest BCUT2D eigenvalue weighted by Crippen LogP contribution is 2.06. The molecule has 0 aliphatic carbocycles. The van der Waals surface area contributed by atoms with Crippen molar-refractivity contribution in [1.82, 2.24) is 24.9 Å². The lowest BCUT2D eigenvalue weighted by atomic mass is 10.3. The summed E-state index contributed by atoms with van der Waals surface area (Å²) in [5.41, 5.74) is 2.91. The van der Waals surface area contributed by atoms with Gasteiger partial charge in [-0.3, -0.25) is 0 Å². The van der Waals surface area contributed by atoms with Crippen LogP contribution < -0.4 is 5.32 Å². The van der Waals surface area contributed by atoms with Crippen molar-refractivity contribution in [3.05, 3.63) is 47.6 Å². The number of rotatable bonds is 5. The minimum atomic E-state index is 0.607. The van der Waals surface area contributed by atoms with Gasteiger partial charge < -0.3 is 9.73 Å². The first-order chi connectivity index (χ1) is 9.74. The van der Waals surface area contributed by atoms with Gasteiger partial charge in [-0.2, -0.15) is 5.10 Å². The van der Waals surface area contributed by atoms with Gasteiger partial charge in [0.1, 0.15) is 5.76 Å². The van der Waals surface area contributed by atoms with E-state index in [1.807, 2.05) is 32.3 Å². The first kappa shape index (κ1) is 12.8. The smallest absolute Gasteiger partial charge is 0.208 e. The van der Waals surface area contributed by atoms with Gasteiger partial charge in [0, 0.05) is 37.0 Å². The average Bonchev–Trinajstić information content (AvgIpc) is 3.03. The van der Waals surface area contributed by atoms with Crippen LogP contribution in [0.15, 0.2) is 29.1 Å². The molecule has 3 rings (SSSR count). The van der Waals surface area contributed by atoms with Crippen LogP contribution in [0.4, 0.5) is 0 Å². The normalized spacial score (nSPS) is 11.3. The Morgan fingerprint density at radius 1 is 1.25 bits per heavy atom. The number of hydrogen-bond donors (Lipinski definition) is 1. The molecular weight excluding hydrogens is 254 g/mol. The lowest BCUT2D eigenvalue weighted by molar-refractivity contribution is 0.439. The van der Waals surface area contributed by atoms with Crippen LogP contribution in [0, 0.1) is 6.92 Å². The molecule has 0 atom stereocenters. The molecule has 0 spiro atoms. The number of nitrogens with zero attached hydrogens (tertiary/aromatic N) is 4. The predicted molar refractivity (Wildman–Crippen MR) is 74.1 cm³/mol. The molecule has 0 saturated heterocycles. The Hall–Kier alpha value is -2.21. The second-order valence-corrected chi connectivity index (χ2v) is 4.73. The monoisotopic (exact) mass is 271 g/mol. The third-order valence-corrected chi connectivity index (χ3v) is 3.04. The van der Waals surface area contributed by atoms with E-state index in [-0.39, 0.29) is 0 Å². The zero-order valence-electron chi connectivity index (χ0n) is 11.6. The predicted octanol–water partition coefficient (Wildman–Crippen LogP) is 1.88. The standard InChI is InChI=1S/C14H17N5O/c1-3-12-7-17-14(20-12)8-15-5-11-6-16-13-4-10(2)18-19(13)9-11/h4,6-7,9,15H,3,5,8H2,1-2H3. The summed E-state index contributed by atoms with van der Waals surface area (Å²) in [5.74, 6) is 1.63. The molecule has 0 amide bonds. The van der Waals surface area contributed by atoms with E-state index in [2.05, 4.69) is 20.4 Å². The summed E-state index contributed by atoms with van der Waals surface area (Å²) in [6, 6.07) is 1.95. The quantitative estimate of drug-likeness (QED) is 0.767. The van der Waals surface area contributed by atoms with Gasteiger partial charge in [0.05, 0.1) is 18.4 Å². The van der Waals surface area contributed by atoms with Gasteiger partial charge in [0.25, 0.3) is 0 Å². The largest absolute Gasteiger partial charge is 0.444 e. The van der Waals surface area contributed by atoms with Crippen molar-refractivity contribution in [2.75, 3.05) is 0 Å². The average molecular weight is 271 g/mol. The van der Waals surface area contributed by atoms with Crippen molar-refractivity contribution < 1.29 is 4.42 Å². The highest BCUT2D eigenvalue weighted by molar-refractivity contribution is 5.38. The molecule has 0 bridgehead atoms. The maximum Gasteiger partial charge on any atom is 0.208 e. The Balaban J connectivity index is 1.61. The summed E-state index contributed by atoms with van der Waals surface area (Å²) in [6.07, 6.45) is 6.48. The topological polar surface area (TPSA) is 68.2 Å². The molecule has 104 valence electrons. The van der Waals surface area contributed by atoms with Gasteiger partial charge in [-0.25, -0.2) is 14.5 Å². The van der Waals surface area contributed by atoms with E-state index >= 15 is 0 Å². The van der Waals surface area contributed by atoms with Gasteiger partial charge >= 0.3 is 0 Å². The number of aryl methyl sites for hydroxylation is 2. The highest BCUT2D eigenvalue weighted by Gasteiger charge is 2.03. The zero-order chi connectivity index (χ0) is 13.9. The SMILES string of the molecule is CCc1cnc(CNCc2cnc3cc(C)nn3c2)o1. The second-order valence-electron chi connectivity index (χ2n) is 4.73. The first-order valence-corrected chi connectivity index (χ1v) is 6.70. The van der Waals surface area contributed by atoms with Gasteiger partial charge in [0.15, 0.2) is 5.65 Å². The van der Waals surface area contributed by atoms with Crippen molar-refractivity contribution >= 4 is 5.65 Å². The molecule has 0 saturated carbocycles. The van der Waals surface area contributed by atoms with E-state index in [1.54, 1.807) is 10.7 Å². The Morgan fingerprint density at radius 3 is 2.95 bits per heavy atom. The second kappa shape index (κ2) is 5.42. The van der Waals surface area contributed by atoms with Crippen LogP contribution in [0.3, 0.4) is 0 Å².